The number of carbonyl (C=O) groups excluding carboxylic acids is 4. The van der Waals surface area contributed by atoms with Gasteiger partial charge in [-0.2, -0.15) is 0 Å². The molecular weight excluding hydrogens is 398 g/mol. The number of benzene rings is 1. The molecule has 2 heterocycles. The number of H-pyrrole nitrogens is 1. The van der Waals surface area contributed by atoms with Gasteiger partial charge in [0.05, 0.1) is 24.4 Å². The zero-order chi connectivity index (χ0) is 22.3. The second kappa shape index (κ2) is 7.68. The maximum atomic E-state index is 13.4. The van der Waals surface area contributed by atoms with E-state index in [0.717, 1.165) is 28.9 Å². The molecule has 2 N–H and O–H groups in total. The van der Waals surface area contributed by atoms with Crippen LogP contribution in [0, 0.1) is 13.8 Å². The number of aromatic nitrogens is 1. The van der Waals surface area contributed by atoms with Gasteiger partial charge in [0.25, 0.3) is 5.91 Å². The Morgan fingerprint density at radius 2 is 1.94 bits per heavy atom. The van der Waals surface area contributed by atoms with Crippen molar-refractivity contribution in [3.8, 4) is 0 Å². The minimum atomic E-state index is -1.12. The summed E-state index contributed by atoms with van der Waals surface area (Å²) in [5.74, 6) is -1.37. The van der Waals surface area contributed by atoms with Crippen LogP contribution >= 0.6 is 0 Å². The molecular formula is C23H25N3O5. The number of rotatable bonds is 5. The summed E-state index contributed by atoms with van der Waals surface area (Å²) in [6.45, 7) is 4.85. The van der Waals surface area contributed by atoms with Crippen molar-refractivity contribution in [2.24, 2.45) is 0 Å². The standard InChI is InChI=1S/C23H25N3O5/c1-4-31-20(28)18-13(2)19(24-14(18)3)17(27)12-26-21(29)23(25-22(26)30)11-7-9-15-8-5-6-10-16(15)23/h5-6,8,10,24H,4,7,9,11-12H2,1-3H3,(H,25,30)/t23-/m0/s1. The number of hydrogen-bond donors (Lipinski definition) is 2. The highest BCUT2D eigenvalue weighted by atomic mass is 16.5. The fourth-order valence-corrected chi connectivity index (χ4v) is 4.72. The quantitative estimate of drug-likeness (QED) is 0.437. The van der Waals surface area contributed by atoms with Crippen LogP contribution in [-0.4, -0.2) is 46.7 Å². The molecule has 3 amide bonds. The molecule has 1 aromatic heterocycles. The summed E-state index contributed by atoms with van der Waals surface area (Å²) in [7, 11) is 0. The van der Waals surface area contributed by atoms with Gasteiger partial charge in [-0.1, -0.05) is 24.3 Å². The summed E-state index contributed by atoms with van der Waals surface area (Å²) in [6, 6.07) is 7.01. The number of carbonyl (C=O) groups is 4. The van der Waals surface area contributed by atoms with E-state index in [1.165, 1.54) is 0 Å². The number of ketones is 1. The average Bonchev–Trinajstić information content (AvgIpc) is 3.16. The Balaban J connectivity index is 1.61. The molecule has 31 heavy (non-hydrogen) atoms. The Hall–Kier alpha value is -3.42. The number of hydrogen-bond acceptors (Lipinski definition) is 5. The number of amides is 3. The number of esters is 1. The number of nitrogens with zero attached hydrogens (tertiary/aromatic N) is 1. The monoisotopic (exact) mass is 423 g/mol. The minimum Gasteiger partial charge on any atom is -0.462 e. The summed E-state index contributed by atoms with van der Waals surface area (Å²) in [6.07, 6.45) is 2.10. The first-order valence-electron chi connectivity index (χ1n) is 10.4. The van der Waals surface area contributed by atoms with Gasteiger partial charge in [-0.05, 0) is 56.7 Å². The van der Waals surface area contributed by atoms with E-state index in [-0.39, 0.29) is 12.3 Å². The van der Waals surface area contributed by atoms with Crippen LogP contribution in [0.1, 0.15) is 63.0 Å². The molecule has 1 aliphatic heterocycles. The van der Waals surface area contributed by atoms with Crippen LogP contribution in [0.2, 0.25) is 0 Å². The molecule has 2 aromatic rings. The number of urea groups is 1. The molecule has 4 rings (SSSR count). The Labute approximate surface area is 179 Å². The third-order valence-electron chi connectivity index (χ3n) is 6.15. The highest BCUT2D eigenvalue weighted by molar-refractivity contribution is 6.12. The molecule has 2 aliphatic rings. The normalized spacial score (nSPS) is 20.0. The Kier molecular flexibility index (Phi) is 5.16. The number of ether oxygens (including phenoxy) is 1. The molecule has 0 bridgehead atoms. The Morgan fingerprint density at radius 3 is 2.68 bits per heavy atom. The molecule has 1 aromatic carbocycles. The molecule has 1 aliphatic carbocycles. The van der Waals surface area contributed by atoms with Crippen LogP contribution in [0.4, 0.5) is 4.79 Å². The minimum absolute atomic E-state index is 0.200. The number of imide groups is 1. The predicted octanol–water partition coefficient (Wildman–Crippen LogP) is 2.77. The second-order valence-electron chi connectivity index (χ2n) is 8.01. The maximum absolute atomic E-state index is 13.4. The molecule has 1 saturated heterocycles. The Morgan fingerprint density at radius 1 is 1.19 bits per heavy atom. The summed E-state index contributed by atoms with van der Waals surface area (Å²) in [5, 5.41) is 2.85. The van der Waals surface area contributed by atoms with E-state index in [1.54, 1.807) is 20.8 Å². The number of aromatic amines is 1. The van der Waals surface area contributed by atoms with Gasteiger partial charge in [-0.3, -0.25) is 14.5 Å². The smallest absolute Gasteiger partial charge is 0.340 e. The summed E-state index contributed by atoms with van der Waals surface area (Å²) in [4.78, 5) is 55.2. The first-order valence-corrected chi connectivity index (χ1v) is 10.4. The molecule has 0 radical (unpaired) electrons. The maximum Gasteiger partial charge on any atom is 0.340 e. The van der Waals surface area contributed by atoms with Crippen LogP contribution < -0.4 is 5.32 Å². The van der Waals surface area contributed by atoms with Crippen LogP contribution in [-0.2, 0) is 21.5 Å². The van der Waals surface area contributed by atoms with E-state index in [1.807, 2.05) is 24.3 Å². The highest BCUT2D eigenvalue weighted by Crippen LogP contribution is 2.40. The largest absolute Gasteiger partial charge is 0.462 e. The van der Waals surface area contributed by atoms with E-state index in [4.69, 9.17) is 4.74 Å². The van der Waals surface area contributed by atoms with Crippen molar-refractivity contribution in [2.75, 3.05) is 13.2 Å². The first-order chi connectivity index (χ1) is 14.8. The molecule has 1 fully saturated rings. The van der Waals surface area contributed by atoms with Crippen molar-refractivity contribution in [3.63, 3.8) is 0 Å². The second-order valence-corrected chi connectivity index (χ2v) is 8.01. The lowest BCUT2D eigenvalue weighted by Crippen LogP contribution is -2.46. The van der Waals surface area contributed by atoms with Crippen molar-refractivity contribution < 1.29 is 23.9 Å². The van der Waals surface area contributed by atoms with Gasteiger partial charge in [0, 0.05) is 5.69 Å². The number of aryl methyl sites for hydroxylation is 2. The lowest BCUT2D eigenvalue weighted by molar-refractivity contribution is -0.131. The van der Waals surface area contributed by atoms with Gasteiger partial charge in [-0.25, -0.2) is 9.59 Å². The van der Waals surface area contributed by atoms with Crippen molar-refractivity contribution >= 4 is 23.7 Å². The molecule has 8 heteroatoms. The molecule has 1 spiro atoms. The lowest BCUT2D eigenvalue weighted by Gasteiger charge is -2.33. The summed E-state index contributed by atoms with van der Waals surface area (Å²) < 4.78 is 5.06. The third-order valence-corrected chi connectivity index (χ3v) is 6.15. The van der Waals surface area contributed by atoms with E-state index in [0.29, 0.717) is 23.2 Å². The van der Waals surface area contributed by atoms with E-state index in [2.05, 4.69) is 10.3 Å². The Bertz CT molecular complexity index is 1100. The van der Waals surface area contributed by atoms with Gasteiger partial charge in [0.2, 0.25) is 0 Å². The van der Waals surface area contributed by atoms with Crippen LogP contribution in [0.5, 0.6) is 0 Å². The van der Waals surface area contributed by atoms with Crippen molar-refractivity contribution in [1.82, 2.24) is 15.2 Å². The fraction of sp³-hybridized carbons (Fsp3) is 0.391. The fourth-order valence-electron chi connectivity index (χ4n) is 4.72. The number of Topliss-reactive ketones (excluding diaryl/α,β-unsaturated/α-hetero) is 1. The number of nitrogens with one attached hydrogen (secondary N) is 2. The van der Waals surface area contributed by atoms with Crippen LogP contribution in [0.3, 0.4) is 0 Å². The van der Waals surface area contributed by atoms with Crippen molar-refractivity contribution in [1.29, 1.82) is 0 Å². The van der Waals surface area contributed by atoms with Crippen LogP contribution in [0.15, 0.2) is 24.3 Å². The zero-order valence-electron chi connectivity index (χ0n) is 17.8. The van der Waals surface area contributed by atoms with Gasteiger partial charge in [-0.15, -0.1) is 0 Å². The van der Waals surface area contributed by atoms with Gasteiger partial charge in [0.1, 0.15) is 5.54 Å². The predicted molar refractivity (Wildman–Crippen MR) is 112 cm³/mol. The topological polar surface area (TPSA) is 109 Å². The van der Waals surface area contributed by atoms with Gasteiger partial charge < -0.3 is 15.0 Å². The SMILES string of the molecule is CCOC(=O)c1c(C)[nH]c(C(=O)CN2C(=O)N[C@]3(CCCc4ccccc43)C2=O)c1C. The average molecular weight is 423 g/mol. The zero-order valence-corrected chi connectivity index (χ0v) is 17.8. The first kappa shape index (κ1) is 20.8. The highest BCUT2D eigenvalue weighted by Gasteiger charge is 2.54. The molecule has 8 nitrogen and oxygen atoms in total. The third kappa shape index (κ3) is 3.22. The summed E-state index contributed by atoms with van der Waals surface area (Å²) >= 11 is 0. The molecule has 0 saturated carbocycles. The van der Waals surface area contributed by atoms with Crippen molar-refractivity contribution in [3.05, 3.63) is 57.9 Å². The molecule has 162 valence electrons. The summed E-state index contributed by atoms with van der Waals surface area (Å²) in [5.41, 5.74) is 2.17. The van der Waals surface area contributed by atoms with E-state index < -0.39 is 35.8 Å². The molecule has 0 unspecified atom stereocenters. The number of fused-ring (bicyclic) bond motifs is 2. The molecule has 1 atom stereocenters. The van der Waals surface area contributed by atoms with E-state index >= 15 is 0 Å². The van der Waals surface area contributed by atoms with Crippen LogP contribution in [0.25, 0.3) is 0 Å². The van der Waals surface area contributed by atoms with E-state index in [9.17, 15) is 19.2 Å². The van der Waals surface area contributed by atoms with Gasteiger partial charge in [0.15, 0.2) is 5.78 Å². The van der Waals surface area contributed by atoms with Gasteiger partial charge >= 0.3 is 12.0 Å². The lowest BCUT2D eigenvalue weighted by atomic mass is 9.76. The van der Waals surface area contributed by atoms with Crippen molar-refractivity contribution in [2.45, 2.75) is 45.6 Å².